The third-order valence-corrected chi connectivity index (χ3v) is 3.96. The van der Waals surface area contributed by atoms with E-state index in [4.69, 9.17) is 16.3 Å². The molecule has 2 rings (SSSR count). The Morgan fingerprint density at radius 3 is 2.60 bits per heavy atom. The average molecular weight is 406 g/mol. The van der Waals surface area contributed by atoms with E-state index in [1.165, 1.54) is 13.2 Å². The highest BCUT2D eigenvalue weighted by molar-refractivity contribution is 14.1. The van der Waals surface area contributed by atoms with Gasteiger partial charge in [-0.15, -0.1) is 0 Å². The second kappa shape index (κ2) is 6.63. The second-order valence-corrected chi connectivity index (χ2v) is 6.04. The molecule has 2 aromatic carbocycles. The number of halogens is 3. The predicted octanol–water partition coefficient (Wildman–Crippen LogP) is 5.27. The Balaban J connectivity index is 2.19. The molecule has 0 radical (unpaired) electrons. The maximum atomic E-state index is 13.7. The van der Waals surface area contributed by atoms with E-state index < -0.39 is 0 Å². The fourth-order valence-corrected chi connectivity index (χ4v) is 2.79. The molecular weight excluding hydrogens is 392 g/mol. The maximum Gasteiger partial charge on any atom is 0.165 e. The zero-order chi connectivity index (χ0) is 14.7. The van der Waals surface area contributed by atoms with Crippen LogP contribution < -0.4 is 10.1 Å². The number of nitrogens with one attached hydrogen (secondary N) is 1. The molecule has 0 heterocycles. The number of rotatable bonds is 4. The topological polar surface area (TPSA) is 21.3 Å². The normalized spacial score (nSPS) is 12.1. The summed E-state index contributed by atoms with van der Waals surface area (Å²) < 4.78 is 19.7. The number of anilines is 1. The summed E-state index contributed by atoms with van der Waals surface area (Å²) >= 11 is 8.38. The van der Waals surface area contributed by atoms with Crippen LogP contribution >= 0.6 is 34.2 Å². The Bertz CT molecular complexity index is 621. The molecule has 20 heavy (non-hydrogen) atoms. The zero-order valence-electron chi connectivity index (χ0n) is 11.1. The SMILES string of the molecule is COc1ccc(C(C)Nc2ccc(I)cc2Cl)cc1F. The number of hydrogen-bond donors (Lipinski definition) is 1. The van der Waals surface area contributed by atoms with Crippen molar-refractivity contribution in [3.05, 3.63) is 56.4 Å². The van der Waals surface area contributed by atoms with Crippen LogP contribution in [0.15, 0.2) is 36.4 Å². The Labute approximate surface area is 136 Å². The summed E-state index contributed by atoms with van der Waals surface area (Å²) in [6.07, 6.45) is 0. The highest BCUT2D eigenvalue weighted by atomic mass is 127. The van der Waals surface area contributed by atoms with Crippen molar-refractivity contribution in [2.24, 2.45) is 0 Å². The standard InChI is InChI=1S/C15H14ClFINO/c1-9(10-3-6-15(20-2)13(17)7-10)19-14-5-4-11(18)8-12(14)16/h3-9,19H,1-2H3. The summed E-state index contributed by atoms with van der Waals surface area (Å²) in [5.74, 6) is -0.124. The van der Waals surface area contributed by atoms with Crippen LogP contribution in [0.5, 0.6) is 5.75 Å². The van der Waals surface area contributed by atoms with Crippen LogP contribution in [0.3, 0.4) is 0 Å². The highest BCUT2D eigenvalue weighted by Crippen LogP contribution is 2.29. The third kappa shape index (κ3) is 3.55. The van der Waals surface area contributed by atoms with Gasteiger partial charge in [-0.1, -0.05) is 17.7 Å². The molecule has 0 aliphatic carbocycles. The lowest BCUT2D eigenvalue weighted by atomic mass is 10.1. The van der Waals surface area contributed by atoms with E-state index >= 15 is 0 Å². The van der Waals surface area contributed by atoms with Gasteiger partial charge in [-0.25, -0.2) is 4.39 Å². The van der Waals surface area contributed by atoms with Crippen molar-refractivity contribution in [2.45, 2.75) is 13.0 Å². The highest BCUT2D eigenvalue weighted by Gasteiger charge is 2.11. The van der Waals surface area contributed by atoms with E-state index in [0.29, 0.717) is 5.02 Å². The lowest BCUT2D eigenvalue weighted by molar-refractivity contribution is 0.386. The molecule has 0 spiro atoms. The molecule has 0 saturated carbocycles. The van der Waals surface area contributed by atoms with Crippen LogP contribution in [0.25, 0.3) is 0 Å². The fraction of sp³-hybridized carbons (Fsp3) is 0.200. The molecule has 2 nitrogen and oxygen atoms in total. The smallest absolute Gasteiger partial charge is 0.165 e. The van der Waals surface area contributed by atoms with E-state index in [9.17, 15) is 4.39 Å². The van der Waals surface area contributed by atoms with Gasteiger partial charge in [0.2, 0.25) is 0 Å². The third-order valence-electron chi connectivity index (χ3n) is 2.98. The monoisotopic (exact) mass is 405 g/mol. The van der Waals surface area contributed by atoms with Crippen molar-refractivity contribution in [2.75, 3.05) is 12.4 Å². The molecule has 0 saturated heterocycles. The Hall–Kier alpha value is -1.01. The van der Waals surface area contributed by atoms with Crippen LogP contribution in [0.1, 0.15) is 18.5 Å². The van der Waals surface area contributed by atoms with Crippen LogP contribution in [0, 0.1) is 9.39 Å². The average Bonchev–Trinajstić information content (AvgIpc) is 2.41. The molecule has 0 aliphatic rings. The minimum absolute atomic E-state index is 0.0621. The van der Waals surface area contributed by atoms with Crippen LogP contribution in [-0.2, 0) is 0 Å². The number of methoxy groups -OCH3 is 1. The summed E-state index contributed by atoms with van der Waals surface area (Å²) in [5.41, 5.74) is 1.66. The largest absolute Gasteiger partial charge is 0.494 e. The molecule has 0 fully saturated rings. The zero-order valence-corrected chi connectivity index (χ0v) is 14.0. The van der Waals surface area contributed by atoms with E-state index in [1.807, 2.05) is 31.2 Å². The van der Waals surface area contributed by atoms with Crippen molar-refractivity contribution in [1.82, 2.24) is 0 Å². The molecule has 1 unspecified atom stereocenters. The van der Waals surface area contributed by atoms with E-state index in [2.05, 4.69) is 27.9 Å². The lowest BCUT2D eigenvalue weighted by Gasteiger charge is -2.17. The van der Waals surface area contributed by atoms with Crippen LogP contribution in [0.4, 0.5) is 10.1 Å². The van der Waals surface area contributed by atoms with Crippen LogP contribution in [0.2, 0.25) is 5.02 Å². The Morgan fingerprint density at radius 2 is 2.00 bits per heavy atom. The van der Waals surface area contributed by atoms with Crippen LogP contribution in [-0.4, -0.2) is 7.11 Å². The van der Waals surface area contributed by atoms with Gasteiger partial charge >= 0.3 is 0 Å². The van der Waals surface area contributed by atoms with E-state index in [1.54, 1.807) is 6.07 Å². The minimum Gasteiger partial charge on any atom is -0.494 e. The summed E-state index contributed by atoms with van der Waals surface area (Å²) in [5, 5.41) is 3.93. The van der Waals surface area contributed by atoms with Gasteiger partial charge in [0.25, 0.3) is 0 Å². The fourth-order valence-electron chi connectivity index (χ4n) is 1.88. The maximum absolute atomic E-state index is 13.7. The van der Waals surface area contributed by atoms with Crippen molar-refractivity contribution >= 4 is 39.9 Å². The van der Waals surface area contributed by atoms with Crippen molar-refractivity contribution < 1.29 is 9.13 Å². The van der Waals surface area contributed by atoms with Gasteiger partial charge in [0.05, 0.1) is 17.8 Å². The molecule has 0 amide bonds. The number of hydrogen-bond acceptors (Lipinski definition) is 2. The minimum atomic E-state index is -0.368. The van der Waals surface area contributed by atoms with Gasteiger partial charge in [0.1, 0.15) is 0 Å². The first-order valence-electron chi connectivity index (χ1n) is 6.06. The number of benzene rings is 2. The first-order valence-corrected chi connectivity index (χ1v) is 7.52. The first-order chi connectivity index (χ1) is 9.51. The molecule has 0 aliphatic heterocycles. The van der Waals surface area contributed by atoms with Gasteiger partial charge in [-0.2, -0.15) is 0 Å². The number of ether oxygens (including phenoxy) is 1. The van der Waals surface area contributed by atoms with Gasteiger partial charge < -0.3 is 10.1 Å². The van der Waals surface area contributed by atoms with Crippen molar-refractivity contribution in [3.63, 3.8) is 0 Å². The quantitative estimate of drug-likeness (QED) is 0.700. The first kappa shape index (κ1) is 15.4. The Kier molecular flexibility index (Phi) is 5.10. The van der Waals surface area contributed by atoms with Gasteiger partial charge in [0, 0.05) is 9.61 Å². The van der Waals surface area contributed by atoms with Gasteiger partial charge in [0.15, 0.2) is 11.6 Å². The van der Waals surface area contributed by atoms with Gasteiger partial charge in [-0.05, 0) is 65.4 Å². The summed E-state index contributed by atoms with van der Waals surface area (Å²) in [6, 6.07) is 10.6. The van der Waals surface area contributed by atoms with Crippen molar-refractivity contribution in [1.29, 1.82) is 0 Å². The lowest BCUT2D eigenvalue weighted by Crippen LogP contribution is -2.07. The molecule has 0 aromatic heterocycles. The summed E-state index contributed by atoms with van der Waals surface area (Å²) in [7, 11) is 1.45. The molecule has 1 N–H and O–H groups in total. The summed E-state index contributed by atoms with van der Waals surface area (Å²) in [6.45, 7) is 1.95. The molecule has 106 valence electrons. The molecule has 0 bridgehead atoms. The van der Waals surface area contributed by atoms with Gasteiger partial charge in [-0.3, -0.25) is 0 Å². The predicted molar refractivity (Wildman–Crippen MR) is 89.2 cm³/mol. The molecule has 2 aromatic rings. The van der Waals surface area contributed by atoms with E-state index in [0.717, 1.165) is 14.8 Å². The molecule has 5 heteroatoms. The molecular formula is C15H14ClFINO. The summed E-state index contributed by atoms with van der Waals surface area (Å²) in [4.78, 5) is 0. The second-order valence-electron chi connectivity index (χ2n) is 4.38. The van der Waals surface area contributed by atoms with Crippen molar-refractivity contribution in [3.8, 4) is 5.75 Å². The van der Waals surface area contributed by atoms with E-state index in [-0.39, 0.29) is 17.6 Å². The Morgan fingerprint density at radius 1 is 1.25 bits per heavy atom. The molecule has 1 atom stereocenters.